The second-order valence-corrected chi connectivity index (χ2v) is 10.6. The summed E-state index contributed by atoms with van der Waals surface area (Å²) in [5.41, 5.74) is 3.53. The predicted octanol–water partition coefficient (Wildman–Crippen LogP) is 5.38. The van der Waals surface area contributed by atoms with Crippen LogP contribution in [0.25, 0.3) is 0 Å². The summed E-state index contributed by atoms with van der Waals surface area (Å²) < 4.78 is 3.11. The van der Waals surface area contributed by atoms with Crippen molar-refractivity contribution >= 4 is 51.9 Å². The highest BCUT2D eigenvalue weighted by Crippen LogP contribution is 2.27. The lowest BCUT2D eigenvalue weighted by Crippen LogP contribution is -2.33. The largest absolute Gasteiger partial charge is 0.342 e. The van der Waals surface area contributed by atoms with E-state index >= 15 is 0 Å². The number of carbonyl (C=O) groups is 2. The summed E-state index contributed by atoms with van der Waals surface area (Å²) >= 11 is 3.62. The van der Waals surface area contributed by atoms with Crippen LogP contribution in [0.4, 0.5) is 5.69 Å². The van der Waals surface area contributed by atoms with Crippen molar-refractivity contribution in [2.45, 2.75) is 52.4 Å². The Morgan fingerprint density at radius 2 is 1.74 bits per heavy atom. The summed E-state index contributed by atoms with van der Waals surface area (Å²) in [7, 11) is 0. The van der Waals surface area contributed by atoms with Crippen molar-refractivity contribution in [3.63, 3.8) is 0 Å². The first-order valence-electron chi connectivity index (χ1n) is 11.2. The molecule has 7 nitrogen and oxygen atoms in total. The number of halogens is 1. The summed E-state index contributed by atoms with van der Waals surface area (Å²) in [4.78, 5) is 25.5. The smallest absolute Gasteiger partial charge is 0.251 e. The molecule has 3 rings (SSSR count). The topological polar surface area (TPSA) is 88.9 Å². The number of benzene rings is 2. The Morgan fingerprint density at radius 3 is 2.32 bits per heavy atom. The van der Waals surface area contributed by atoms with Crippen LogP contribution in [0.15, 0.2) is 47.6 Å². The fourth-order valence-corrected chi connectivity index (χ4v) is 5.43. The Bertz CT molecular complexity index is 1140. The number of thioether (sulfide) groups is 1. The third-order valence-electron chi connectivity index (χ3n) is 5.42. The molecule has 2 aromatic carbocycles. The Kier molecular flexibility index (Phi) is 9.12. The maximum absolute atomic E-state index is 12.8. The van der Waals surface area contributed by atoms with Crippen LogP contribution in [0, 0.1) is 23.3 Å². The van der Waals surface area contributed by atoms with Crippen LogP contribution in [-0.2, 0) is 11.3 Å². The normalized spacial score (nSPS) is 12.0. The van der Waals surface area contributed by atoms with Gasteiger partial charge in [-0.1, -0.05) is 43.8 Å². The molecule has 1 heterocycles. The van der Waals surface area contributed by atoms with E-state index in [2.05, 4.69) is 43.4 Å². The number of hydrogen-bond donors (Lipinski definition) is 2. The fraction of sp³-hybridized carbons (Fsp3) is 0.360. The zero-order chi connectivity index (χ0) is 24.8. The number of aryl methyl sites for hydroxylation is 2. The molecular formula is C25H30IN5O2S. The molecule has 1 aromatic heterocycles. The first kappa shape index (κ1) is 26.2. The highest BCUT2D eigenvalue weighted by Gasteiger charge is 2.26. The lowest BCUT2D eigenvalue weighted by molar-refractivity contribution is -0.113. The van der Waals surface area contributed by atoms with Crippen LogP contribution < -0.4 is 10.6 Å². The Balaban J connectivity index is 1.72. The molecule has 0 saturated carbocycles. The number of nitrogens with one attached hydrogen (secondary N) is 2. The van der Waals surface area contributed by atoms with Crippen molar-refractivity contribution < 1.29 is 9.59 Å². The average Bonchev–Trinajstić information content (AvgIpc) is 3.21. The average molecular weight is 592 g/mol. The Labute approximate surface area is 218 Å². The molecular weight excluding hydrogens is 561 g/mol. The van der Waals surface area contributed by atoms with E-state index in [-0.39, 0.29) is 29.5 Å². The maximum atomic E-state index is 12.8. The van der Waals surface area contributed by atoms with Crippen LogP contribution in [0.2, 0.25) is 0 Å². The zero-order valence-electron chi connectivity index (χ0n) is 20.1. The van der Waals surface area contributed by atoms with Crippen molar-refractivity contribution in [3.05, 3.63) is 68.5 Å². The highest BCUT2D eigenvalue weighted by atomic mass is 127. The van der Waals surface area contributed by atoms with Crippen molar-refractivity contribution in [1.82, 2.24) is 20.1 Å². The van der Waals surface area contributed by atoms with Gasteiger partial charge in [-0.15, -0.1) is 10.2 Å². The molecule has 0 fully saturated rings. The van der Waals surface area contributed by atoms with E-state index in [0.717, 1.165) is 20.4 Å². The van der Waals surface area contributed by atoms with Gasteiger partial charge in [0.1, 0.15) is 0 Å². The van der Waals surface area contributed by atoms with Crippen molar-refractivity contribution in [3.8, 4) is 0 Å². The Hall–Kier alpha value is -2.40. The molecule has 0 radical (unpaired) electrons. The van der Waals surface area contributed by atoms with Crippen molar-refractivity contribution in [1.29, 1.82) is 0 Å². The Morgan fingerprint density at radius 1 is 1.09 bits per heavy atom. The quantitative estimate of drug-likeness (QED) is 0.258. The van der Waals surface area contributed by atoms with Gasteiger partial charge < -0.3 is 15.2 Å². The summed E-state index contributed by atoms with van der Waals surface area (Å²) in [5, 5.41) is 15.5. The molecule has 9 heteroatoms. The predicted molar refractivity (Wildman–Crippen MR) is 145 cm³/mol. The van der Waals surface area contributed by atoms with Gasteiger partial charge in [-0.3, -0.25) is 9.59 Å². The molecule has 2 amide bonds. The highest BCUT2D eigenvalue weighted by molar-refractivity contribution is 14.1. The third kappa shape index (κ3) is 6.38. The number of hydrogen-bond acceptors (Lipinski definition) is 5. The lowest BCUT2D eigenvalue weighted by Gasteiger charge is -2.22. The SMILES string of the molecule is CCn1c(SCC(=O)Nc2c(C)cc(I)cc2C)nnc1C(NC(=O)c1ccccc1)C(C)C. The molecule has 0 aliphatic rings. The van der Waals surface area contributed by atoms with E-state index in [4.69, 9.17) is 0 Å². The molecule has 0 bridgehead atoms. The summed E-state index contributed by atoms with van der Waals surface area (Å²) in [6.45, 7) is 10.7. The van der Waals surface area contributed by atoms with Gasteiger partial charge in [0, 0.05) is 21.4 Å². The van der Waals surface area contributed by atoms with Gasteiger partial charge in [-0.25, -0.2) is 0 Å². The summed E-state index contributed by atoms with van der Waals surface area (Å²) in [6, 6.07) is 12.9. The van der Waals surface area contributed by atoms with Gasteiger partial charge in [-0.05, 0) is 84.7 Å². The first-order chi connectivity index (χ1) is 16.2. The van der Waals surface area contributed by atoms with E-state index in [0.29, 0.717) is 23.1 Å². The van der Waals surface area contributed by atoms with Gasteiger partial charge in [0.15, 0.2) is 11.0 Å². The number of nitrogens with zero attached hydrogens (tertiary/aromatic N) is 3. The van der Waals surface area contributed by atoms with Crippen molar-refractivity contribution in [2.24, 2.45) is 5.92 Å². The number of carbonyl (C=O) groups excluding carboxylic acids is 2. The first-order valence-corrected chi connectivity index (χ1v) is 13.3. The molecule has 0 aliphatic carbocycles. The van der Waals surface area contributed by atoms with Gasteiger partial charge in [-0.2, -0.15) is 0 Å². The van der Waals surface area contributed by atoms with Crippen LogP contribution in [0.1, 0.15) is 54.1 Å². The van der Waals surface area contributed by atoms with E-state index in [1.54, 1.807) is 12.1 Å². The van der Waals surface area contributed by atoms with E-state index < -0.39 is 0 Å². The van der Waals surface area contributed by atoms with Crippen LogP contribution in [0.3, 0.4) is 0 Å². The number of rotatable bonds is 9. The van der Waals surface area contributed by atoms with E-state index in [1.165, 1.54) is 11.8 Å². The minimum absolute atomic E-state index is 0.0950. The molecule has 0 aliphatic heterocycles. The number of amides is 2. The van der Waals surface area contributed by atoms with Gasteiger partial charge in [0.05, 0.1) is 11.8 Å². The second-order valence-electron chi connectivity index (χ2n) is 8.40. The van der Waals surface area contributed by atoms with Crippen LogP contribution in [-0.4, -0.2) is 32.3 Å². The standard InChI is InChI=1S/C25H30IN5O2S/c1-6-31-23(21(15(2)3)28-24(33)18-10-8-7-9-11-18)29-30-25(31)34-14-20(32)27-22-16(4)12-19(26)13-17(22)5/h7-13,15,21H,6,14H2,1-5H3,(H,27,32)(H,28,33). The molecule has 2 N–H and O–H groups in total. The van der Waals surface area contributed by atoms with Gasteiger partial charge in [0.2, 0.25) is 5.91 Å². The maximum Gasteiger partial charge on any atom is 0.251 e. The molecule has 3 aromatic rings. The molecule has 180 valence electrons. The molecule has 1 unspecified atom stereocenters. The number of aromatic nitrogens is 3. The van der Waals surface area contributed by atoms with Crippen LogP contribution >= 0.6 is 34.4 Å². The molecule has 0 spiro atoms. The minimum atomic E-state index is -0.305. The molecule has 34 heavy (non-hydrogen) atoms. The minimum Gasteiger partial charge on any atom is -0.342 e. The van der Waals surface area contributed by atoms with E-state index in [1.807, 2.05) is 69.5 Å². The van der Waals surface area contributed by atoms with E-state index in [9.17, 15) is 9.59 Å². The second kappa shape index (κ2) is 11.8. The fourth-order valence-electron chi connectivity index (χ4n) is 3.69. The monoisotopic (exact) mass is 591 g/mol. The lowest BCUT2D eigenvalue weighted by atomic mass is 10.0. The van der Waals surface area contributed by atoms with Crippen LogP contribution in [0.5, 0.6) is 0 Å². The van der Waals surface area contributed by atoms with Gasteiger partial charge in [0.25, 0.3) is 5.91 Å². The zero-order valence-corrected chi connectivity index (χ0v) is 23.0. The summed E-state index contributed by atoms with van der Waals surface area (Å²) in [6.07, 6.45) is 0. The third-order valence-corrected chi connectivity index (χ3v) is 7.01. The number of anilines is 1. The van der Waals surface area contributed by atoms with Gasteiger partial charge >= 0.3 is 0 Å². The molecule has 1 atom stereocenters. The molecule has 0 saturated heterocycles. The van der Waals surface area contributed by atoms with Crippen molar-refractivity contribution in [2.75, 3.05) is 11.1 Å². The summed E-state index contributed by atoms with van der Waals surface area (Å²) in [5.74, 6) is 0.763.